The lowest BCUT2D eigenvalue weighted by atomic mass is 10.2. The molecule has 0 saturated carbocycles. The number of hydrogen-bond acceptors (Lipinski definition) is 5. The van der Waals surface area contributed by atoms with Crippen molar-refractivity contribution in [3.63, 3.8) is 0 Å². The third-order valence-corrected chi connectivity index (χ3v) is 2.82. The van der Waals surface area contributed by atoms with Crippen LogP contribution in [0.2, 0.25) is 5.02 Å². The van der Waals surface area contributed by atoms with Crippen LogP contribution in [0.5, 0.6) is 0 Å². The molecule has 82 valence electrons. The highest BCUT2D eigenvalue weighted by molar-refractivity contribution is 7.07. The molecular weight excluding hydrogens is 248 g/mol. The van der Waals surface area contributed by atoms with Crippen LogP contribution in [0, 0.1) is 0 Å². The fraction of sp³-hybridized carbons (Fsp3) is 0. The summed E-state index contributed by atoms with van der Waals surface area (Å²) in [5, 5.41) is 0.867. The third kappa shape index (κ3) is 2.19. The number of nitrogen functional groups attached to an aromatic ring is 1. The number of carbonyl (C=O) groups is 1. The second kappa shape index (κ2) is 4.56. The van der Waals surface area contributed by atoms with Crippen LogP contribution >= 0.6 is 23.1 Å². The molecule has 0 atom stereocenters. The number of nitrogens with zero attached hydrogens (tertiary/aromatic N) is 2. The maximum atomic E-state index is 11.2. The Kier molecular flexibility index (Phi) is 3.14. The van der Waals surface area contributed by atoms with Gasteiger partial charge in [-0.3, -0.25) is 10.2 Å². The second-order valence-corrected chi connectivity index (χ2v) is 4.09. The van der Waals surface area contributed by atoms with Crippen LogP contribution in [0.15, 0.2) is 24.3 Å². The van der Waals surface area contributed by atoms with E-state index in [2.05, 4.69) is 9.36 Å². The van der Waals surface area contributed by atoms with Gasteiger partial charge in [-0.05, 0) is 35.8 Å². The number of benzene rings is 1. The molecule has 1 aromatic heterocycles. The Balaban J connectivity index is 2.31. The Morgan fingerprint density at radius 2 is 2.06 bits per heavy atom. The van der Waals surface area contributed by atoms with Crippen molar-refractivity contribution in [2.45, 2.75) is 0 Å². The van der Waals surface area contributed by atoms with Gasteiger partial charge in [0.15, 0.2) is 5.82 Å². The maximum absolute atomic E-state index is 11.2. The van der Waals surface area contributed by atoms with E-state index in [4.69, 9.17) is 17.4 Å². The summed E-state index contributed by atoms with van der Waals surface area (Å²) in [5.41, 5.74) is 2.81. The number of hydrogen-bond donors (Lipinski definition) is 2. The van der Waals surface area contributed by atoms with Gasteiger partial charge in [0.2, 0.25) is 5.01 Å². The SMILES string of the molecule is NNC(=O)c1nc(-c2ccc(Cl)cc2)ns1. The van der Waals surface area contributed by atoms with Crippen LogP contribution in [-0.4, -0.2) is 15.3 Å². The summed E-state index contributed by atoms with van der Waals surface area (Å²) >= 11 is 6.75. The van der Waals surface area contributed by atoms with Crippen molar-refractivity contribution in [1.29, 1.82) is 0 Å². The van der Waals surface area contributed by atoms with Gasteiger partial charge in [0, 0.05) is 10.6 Å². The minimum Gasteiger partial charge on any atom is -0.288 e. The van der Waals surface area contributed by atoms with Gasteiger partial charge in [0.25, 0.3) is 5.91 Å². The minimum atomic E-state index is -0.447. The summed E-state index contributed by atoms with van der Waals surface area (Å²) in [6, 6.07) is 7.05. The number of nitrogens with one attached hydrogen (secondary N) is 1. The predicted octanol–water partition coefficient (Wildman–Crippen LogP) is 1.46. The number of amides is 1. The fourth-order valence-corrected chi connectivity index (χ4v) is 1.81. The first-order valence-electron chi connectivity index (χ1n) is 4.31. The van der Waals surface area contributed by atoms with Gasteiger partial charge in [-0.15, -0.1) is 0 Å². The number of hydrazine groups is 1. The normalized spacial score (nSPS) is 10.1. The lowest BCUT2D eigenvalue weighted by Crippen LogP contribution is -2.29. The van der Waals surface area contributed by atoms with E-state index in [1.165, 1.54) is 0 Å². The molecule has 1 heterocycles. The highest BCUT2D eigenvalue weighted by atomic mass is 35.5. The third-order valence-electron chi connectivity index (χ3n) is 1.85. The summed E-state index contributed by atoms with van der Waals surface area (Å²) in [6.45, 7) is 0. The van der Waals surface area contributed by atoms with E-state index in [0.717, 1.165) is 17.1 Å². The molecule has 0 radical (unpaired) electrons. The van der Waals surface area contributed by atoms with Crippen LogP contribution in [0.3, 0.4) is 0 Å². The topological polar surface area (TPSA) is 80.9 Å². The molecule has 1 aromatic carbocycles. The van der Waals surface area contributed by atoms with Gasteiger partial charge in [-0.2, -0.15) is 4.37 Å². The average Bonchev–Trinajstić information content (AvgIpc) is 2.78. The number of nitrogens with two attached hydrogens (primary N) is 1. The van der Waals surface area contributed by atoms with Crippen molar-refractivity contribution in [3.8, 4) is 11.4 Å². The van der Waals surface area contributed by atoms with Gasteiger partial charge >= 0.3 is 0 Å². The van der Waals surface area contributed by atoms with Crippen molar-refractivity contribution in [2.75, 3.05) is 0 Å². The van der Waals surface area contributed by atoms with Crippen molar-refractivity contribution >= 4 is 29.0 Å². The molecule has 0 aliphatic heterocycles. The first kappa shape index (κ1) is 11.0. The second-order valence-electron chi connectivity index (χ2n) is 2.90. The van der Waals surface area contributed by atoms with Crippen molar-refractivity contribution in [3.05, 3.63) is 34.3 Å². The van der Waals surface area contributed by atoms with Gasteiger partial charge in [0.05, 0.1) is 0 Å². The summed E-state index contributed by atoms with van der Waals surface area (Å²) in [6.07, 6.45) is 0. The van der Waals surface area contributed by atoms with E-state index >= 15 is 0 Å². The van der Waals surface area contributed by atoms with Crippen LogP contribution in [0.1, 0.15) is 9.80 Å². The molecule has 2 aromatic rings. The highest BCUT2D eigenvalue weighted by Gasteiger charge is 2.12. The Bertz CT molecular complexity index is 510. The number of carbonyl (C=O) groups excluding carboxylic acids is 1. The smallest absolute Gasteiger partial charge is 0.288 e. The summed E-state index contributed by atoms with van der Waals surface area (Å²) in [4.78, 5) is 15.2. The quantitative estimate of drug-likeness (QED) is 0.483. The van der Waals surface area contributed by atoms with E-state index in [0.29, 0.717) is 10.8 Å². The van der Waals surface area contributed by atoms with Crippen LogP contribution < -0.4 is 11.3 Å². The standard InChI is InChI=1S/C9H7ClN4OS/c10-6-3-1-5(2-4-6)7-12-9(16-14-7)8(15)13-11/h1-4H,11H2,(H,13,15). The van der Waals surface area contributed by atoms with E-state index in [-0.39, 0.29) is 5.01 Å². The van der Waals surface area contributed by atoms with Crippen molar-refractivity contribution in [1.82, 2.24) is 14.8 Å². The number of rotatable bonds is 2. The van der Waals surface area contributed by atoms with E-state index in [1.807, 2.05) is 5.43 Å². The van der Waals surface area contributed by atoms with Gasteiger partial charge < -0.3 is 0 Å². The Hall–Kier alpha value is -1.50. The largest absolute Gasteiger partial charge is 0.295 e. The van der Waals surface area contributed by atoms with E-state index in [9.17, 15) is 4.79 Å². The molecule has 7 heteroatoms. The lowest BCUT2D eigenvalue weighted by molar-refractivity contribution is 0.0953. The Morgan fingerprint density at radius 3 is 2.69 bits per heavy atom. The van der Waals surface area contributed by atoms with Crippen molar-refractivity contribution < 1.29 is 4.79 Å². The predicted molar refractivity (Wildman–Crippen MR) is 62.0 cm³/mol. The lowest BCUT2D eigenvalue weighted by Gasteiger charge is -1.94. The molecule has 0 fully saturated rings. The number of halogens is 1. The first-order chi connectivity index (χ1) is 7.70. The molecule has 0 bridgehead atoms. The minimum absolute atomic E-state index is 0.229. The maximum Gasteiger partial charge on any atom is 0.295 e. The Labute approximate surface area is 100 Å². The monoisotopic (exact) mass is 254 g/mol. The van der Waals surface area contributed by atoms with Crippen LogP contribution in [-0.2, 0) is 0 Å². The zero-order valence-corrected chi connectivity index (χ0v) is 9.55. The molecule has 0 saturated heterocycles. The van der Waals surface area contributed by atoms with Gasteiger partial charge in [0.1, 0.15) is 0 Å². The molecule has 2 rings (SSSR count). The fourth-order valence-electron chi connectivity index (χ4n) is 1.09. The number of aromatic nitrogens is 2. The highest BCUT2D eigenvalue weighted by Crippen LogP contribution is 2.20. The molecule has 1 amide bonds. The molecular formula is C9H7ClN4OS. The molecule has 0 unspecified atom stereocenters. The van der Waals surface area contributed by atoms with Crippen molar-refractivity contribution in [2.24, 2.45) is 5.84 Å². The molecule has 0 aliphatic carbocycles. The molecule has 0 aliphatic rings. The zero-order valence-electron chi connectivity index (χ0n) is 7.98. The summed E-state index contributed by atoms with van der Waals surface area (Å²) in [7, 11) is 0. The van der Waals surface area contributed by atoms with Gasteiger partial charge in [-0.25, -0.2) is 10.8 Å². The molecule has 16 heavy (non-hydrogen) atoms. The van der Waals surface area contributed by atoms with Crippen LogP contribution in [0.4, 0.5) is 0 Å². The Morgan fingerprint density at radius 1 is 1.38 bits per heavy atom. The zero-order chi connectivity index (χ0) is 11.5. The first-order valence-corrected chi connectivity index (χ1v) is 5.46. The summed E-state index contributed by atoms with van der Waals surface area (Å²) < 4.78 is 4.06. The summed E-state index contributed by atoms with van der Waals surface area (Å²) in [5.74, 6) is 5.03. The van der Waals surface area contributed by atoms with E-state index in [1.54, 1.807) is 24.3 Å². The van der Waals surface area contributed by atoms with E-state index < -0.39 is 5.91 Å². The van der Waals surface area contributed by atoms with Gasteiger partial charge in [-0.1, -0.05) is 11.6 Å². The molecule has 5 nitrogen and oxygen atoms in total. The molecule has 3 N–H and O–H groups in total. The molecule has 0 spiro atoms. The average molecular weight is 255 g/mol. The van der Waals surface area contributed by atoms with Crippen LogP contribution in [0.25, 0.3) is 11.4 Å².